The van der Waals surface area contributed by atoms with Crippen LogP contribution in [0.2, 0.25) is 0 Å². The molecule has 0 aromatic heterocycles. The maximum atomic E-state index is 12.6. The smallest absolute Gasteiger partial charge is 0.261 e. The van der Waals surface area contributed by atoms with Crippen LogP contribution in [0.3, 0.4) is 0 Å². The average molecular weight is 392 g/mol. The van der Waals surface area contributed by atoms with Gasteiger partial charge in [0.1, 0.15) is 6.54 Å². The molecule has 2 aliphatic heterocycles. The van der Waals surface area contributed by atoms with Gasteiger partial charge in [0.05, 0.1) is 37.3 Å². The van der Waals surface area contributed by atoms with Gasteiger partial charge in [-0.2, -0.15) is 0 Å². The van der Waals surface area contributed by atoms with E-state index in [2.05, 4.69) is 31.2 Å². The summed E-state index contributed by atoms with van der Waals surface area (Å²) in [4.78, 5) is 42.0. The third kappa shape index (κ3) is 3.93. The van der Waals surface area contributed by atoms with Gasteiger partial charge in [0.25, 0.3) is 11.8 Å². The second-order valence-electron chi connectivity index (χ2n) is 7.79. The number of rotatable bonds is 5. The number of hydrogen-bond donors (Lipinski definition) is 1. The normalized spacial score (nSPS) is 17.0. The molecule has 6 heteroatoms. The molecular formula is C23H26N3O3+. The SMILES string of the molecule is Cc1ccccc1C[NH+]1CCN(C(=O)CCN2C(=O)c3ccccc3C2=O)CC1. The summed E-state index contributed by atoms with van der Waals surface area (Å²) in [5.74, 6) is -0.590. The number of aryl methyl sites for hydroxylation is 1. The largest absolute Gasteiger partial charge is 0.331 e. The van der Waals surface area contributed by atoms with Gasteiger partial charge in [-0.05, 0) is 24.6 Å². The summed E-state index contributed by atoms with van der Waals surface area (Å²) in [6.45, 7) is 6.49. The highest BCUT2D eigenvalue weighted by Crippen LogP contribution is 2.22. The van der Waals surface area contributed by atoms with Crippen LogP contribution < -0.4 is 4.90 Å². The van der Waals surface area contributed by atoms with Crippen molar-refractivity contribution >= 4 is 17.7 Å². The second-order valence-corrected chi connectivity index (χ2v) is 7.79. The number of nitrogens with one attached hydrogen (secondary N) is 1. The van der Waals surface area contributed by atoms with Crippen LogP contribution in [0.1, 0.15) is 38.3 Å². The van der Waals surface area contributed by atoms with Gasteiger partial charge in [-0.15, -0.1) is 0 Å². The number of benzene rings is 2. The highest BCUT2D eigenvalue weighted by atomic mass is 16.2. The van der Waals surface area contributed by atoms with E-state index in [0.717, 1.165) is 19.6 Å². The zero-order valence-electron chi connectivity index (χ0n) is 16.7. The highest BCUT2D eigenvalue weighted by Gasteiger charge is 2.35. The molecule has 6 nitrogen and oxygen atoms in total. The molecule has 0 radical (unpaired) electrons. The fraction of sp³-hybridized carbons (Fsp3) is 0.348. The molecule has 0 unspecified atom stereocenters. The lowest BCUT2D eigenvalue weighted by molar-refractivity contribution is -0.917. The lowest BCUT2D eigenvalue weighted by atomic mass is 10.1. The molecule has 2 aromatic rings. The number of quaternary nitrogens is 1. The molecule has 1 saturated heterocycles. The Morgan fingerprint density at radius 2 is 1.52 bits per heavy atom. The fourth-order valence-electron chi connectivity index (χ4n) is 4.13. The van der Waals surface area contributed by atoms with Crippen molar-refractivity contribution in [2.24, 2.45) is 0 Å². The molecular weight excluding hydrogens is 366 g/mol. The molecule has 0 aliphatic carbocycles. The van der Waals surface area contributed by atoms with E-state index in [9.17, 15) is 14.4 Å². The van der Waals surface area contributed by atoms with Crippen molar-refractivity contribution in [3.05, 3.63) is 70.8 Å². The molecule has 0 bridgehead atoms. The number of piperazine rings is 1. The third-order valence-electron chi connectivity index (χ3n) is 5.95. The number of carbonyl (C=O) groups excluding carboxylic acids is 3. The quantitative estimate of drug-likeness (QED) is 0.770. The summed E-state index contributed by atoms with van der Waals surface area (Å²) in [5.41, 5.74) is 3.52. The average Bonchev–Trinajstić information content (AvgIpc) is 2.99. The van der Waals surface area contributed by atoms with Crippen LogP contribution in [0.5, 0.6) is 0 Å². The molecule has 2 aliphatic rings. The van der Waals surface area contributed by atoms with E-state index in [1.165, 1.54) is 20.9 Å². The number of hydrogen-bond acceptors (Lipinski definition) is 3. The molecule has 3 amide bonds. The summed E-state index contributed by atoms with van der Waals surface area (Å²) in [7, 11) is 0. The van der Waals surface area contributed by atoms with Gasteiger partial charge in [-0.25, -0.2) is 0 Å². The van der Waals surface area contributed by atoms with Crippen molar-refractivity contribution in [1.82, 2.24) is 9.80 Å². The standard InChI is InChI=1S/C23H25N3O3/c1-17-6-2-3-7-18(17)16-24-12-14-25(15-13-24)21(27)10-11-26-22(28)19-8-4-5-9-20(19)23(26)29/h2-9H,10-16H2,1H3/p+1. The monoisotopic (exact) mass is 392 g/mol. The molecule has 1 fully saturated rings. The summed E-state index contributed by atoms with van der Waals surface area (Å²) < 4.78 is 0. The minimum Gasteiger partial charge on any atom is -0.331 e. The van der Waals surface area contributed by atoms with E-state index in [0.29, 0.717) is 24.2 Å². The van der Waals surface area contributed by atoms with E-state index in [-0.39, 0.29) is 30.7 Å². The van der Waals surface area contributed by atoms with E-state index in [4.69, 9.17) is 0 Å². The van der Waals surface area contributed by atoms with Crippen LogP contribution in [0.4, 0.5) is 0 Å². The van der Waals surface area contributed by atoms with Crippen LogP contribution in [0.15, 0.2) is 48.5 Å². The van der Waals surface area contributed by atoms with Crippen LogP contribution in [-0.4, -0.2) is 60.2 Å². The zero-order valence-corrected chi connectivity index (χ0v) is 16.7. The Morgan fingerprint density at radius 1 is 0.931 bits per heavy atom. The Hall–Kier alpha value is -2.99. The highest BCUT2D eigenvalue weighted by molar-refractivity contribution is 6.21. The number of carbonyl (C=O) groups is 3. The Labute approximate surface area is 170 Å². The van der Waals surface area contributed by atoms with Gasteiger partial charge >= 0.3 is 0 Å². The maximum Gasteiger partial charge on any atom is 0.261 e. The van der Waals surface area contributed by atoms with Crippen molar-refractivity contribution in [2.45, 2.75) is 19.9 Å². The van der Waals surface area contributed by atoms with Gasteiger partial charge in [0.2, 0.25) is 5.91 Å². The van der Waals surface area contributed by atoms with Crippen LogP contribution >= 0.6 is 0 Å². The van der Waals surface area contributed by atoms with Crippen molar-refractivity contribution in [1.29, 1.82) is 0 Å². The number of fused-ring (bicyclic) bond motifs is 1. The van der Waals surface area contributed by atoms with Gasteiger partial charge in [-0.3, -0.25) is 19.3 Å². The molecule has 2 heterocycles. The molecule has 2 aromatic carbocycles. The second kappa shape index (κ2) is 8.17. The minimum absolute atomic E-state index is 0.0106. The summed E-state index contributed by atoms with van der Waals surface area (Å²) >= 11 is 0. The predicted octanol–water partition coefficient (Wildman–Crippen LogP) is 0.908. The van der Waals surface area contributed by atoms with Crippen molar-refractivity contribution in [2.75, 3.05) is 32.7 Å². The summed E-state index contributed by atoms with van der Waals surface area (Å²) in [5, 5.41) is 0. The fourth-order valence-corrected chi connectivity index (χ4v) is 4.13. The lowest BCUT2D eigenvalue weighted by Crippen LogP contribution is -3.13. The predicted molar refractivity (Wildman–Crippen MR) is 109 cm³/mol. The van der Waals surface area contributed by atoms with Crippen molar-refractivity contribution in [3.63, 3.8) is 0 Å². The molecule has 0 saturated carbocycles. The topological polar surface area (TPSA) is 62.1 Å². The summed E-state index contributed by atoms with van der Waals surface area (Å²) in [6.07, 6.45) is 0.179. The van der Waals surface area contributed by atoms with Gasteiger partial charge < -0.3 is 9.80 Å². The third-order valence-corrected chi connectivity index (χ3v) is 5.95. The first-order valence-corrected chi connectivity index (χ1v) is 10.2. The Bertz CT molecular complexity index is 913. The lowest BCUT2D eigenvalue weighted by Gasteiger charge is -2.32. The van der Waals surface area contributed by atoms with Gasteiger partial charge in [-0.1, -0.05) is 36.4 Å². The Balaban J connectivity index is 1.27. The minimum atomic E-state index is -0.300. The maximum absolute atomic E-state index is 12.6. The zero-order chi connectivity index (χ0) is 20.4. The Morgan fingerprint density at radius 3 is 2.14 bits per heavy atom. The van der Waals surface area contributed by atoms with Crippen molar-refractivity contribution < 1.29 is 19.3 Å². The van der Waals surface area contributed by atoms with Crippen LogP contribution in [0, 0.1) is 6.92 Å². The molecule has 150 valence electrons. The van der Waals surface area contributed by atoms with Gasteiger partial charge in [0.15, 0.2) is 0 Å². The van der Waals surface area contributed by atoms with E-state index in [1.807, 2.05) is 4.90 Å². The van der Waals surface area contributed by atoms with Gasteiger partial charge in [0, 0.05) is 18.5 Å². The first kappa shape index (κ1) is 19.3. The first-order chi connectivity index (χ1) is 14.0. The van der Waals surface area contributed by atoms with E-state index in [1.54, 1.807) is 24.3 Å². The molecule has 0 atom stereocenters. The number of amides is 3. The molecule has 1 N–H and O–H groups in total. The number of imide groups is 1. The molecule has 4 rings (SSSR count). The number of nitrogens with zero attached hydrogens (tertiary/aromatic N) is 2. The Kier molecular flexibility index (Phi) is 5.45. The van der Waals surface area contributed by atoms with Crippen LogP contribution in [0.25, 0.3) is 0 Å². The van der Waals surface area contributed by atoms with E-state index >= 15 is 0 Å². The van der Waals surface area contributed by atoms with Crippen molar-refractivity contribution in [3.8, 4) is 0 Å². The molecule has 0 spiro atoms. The molecule has 29 heavy (non-hydrogen) atoms. The summed E-state index contributed by atoms with van der Waals surface area (Å²) in [6, 6.07) is 15.2. The van der Waals surface area contributed by atoms with E-state index < -0.39 is 0 Å². The first-order valence-electron chi connectivity index (χ1n) is 10.2. The van der Waals surface area contributed by atoms with Crippen LogP contribution in [-0.2, 0) is 11.3 Å².